The summed E-state index contributed by atoms with van der Waals surface area (Å²) < 4.78 is 0. The molecule has 0 radical (unpaired) electrons. The summed E-state index contributed by atoms with van der Waals surface area (Å²) in [6.45, 7) is 5.36. The quantitative estimate of drug-likeness (QED) is 0.825. The molecule has 2 aromatic rings. The van der Waals surface area contributed by atoms with E-state index in [1.807, 2.05) is 11.3 Å². The number of rotatable bonds is 6. The number of hydrogen-bond acceptors (Lipinski definition) is 4. The van der Waals surface area contributed by atoms with Crippen molar-refractivity contribution in [2.24, 2.45) is 0 Å². The molecule has 2 aromatic heterocycles. The Morgan fingerprint density at radius 2 is 2.10 bits per heavy atom. The molecule has 0 saturated heterocycles. The minimum Gasteiger partial charge on any atom is -0.395 e. The monoisotopic (exact) mass is 305 g/mol. The smallest absolute Gasteiger partial charge is 0.0540 e. The summed E-state index contributed by atoms with van der Waals surface area (Å²) in [6.07, 6.45) is 0.546. The van der Waals surface area contributed by atoms with E-state index in [1.54, 1.807) is 11.3 Å². The van der Waals surface area contributed by atoms with Crippen LogP contribution in [0.3, 0.4) is 0 Å². The molecule has 2 heterocycles. The first-order valence-electron chi connectivity index (χ1n) is 6.73. The van der Waals surface area contributed by atoms with Crippen LogP contribution < -0.4 is 0 Å². The molecule has 2 nitrogen and oxygen atoms in total. The van der Waals surface area contributed by atoms with Crippen molar-refractivity contribution in [1.29, 1.82) is 0 Å². The number of nitrogens with zero attached hydrogens (tertiary/aromatic N) is 1. The fourth-order valence-corrected chi connectivity index (χ4v) is 3.48. The van der Waals surface area contributed by atoms with Gasteiger partial charge in [0.15, 0.2) is 0 Å². The van der Waals surface area contributed by atoms with E-state index < -0.39 is 0 Å². The highest BCUT2D eigenvalue weighted by Gasteiger charge is 2.07. The van der Waals surface area contributed by atoms with Gasteiger partial charge in [0.2, 0.25) is 0 Å². The summed E-state index contributed by atoms with van der Waals surface area (Å²) in [7, 11) is 0. The Balaban J connectivity index is 1.93. The third kappa shape index (κ3) is 4.77. The molecule has 0 aliphatic rings. The van der Waals surface area contributed by atoms with Crippen LogP contribution in [0, 0.1) is 11.8 Å². The second kappa shape index (κ2) is 8.23. The molecular formula is C16H19NOS2. The molecule has 0 spiro atoms. The molecule has 0 fully saturated rings. The zero-order valence-corrected chi connectivity index (χ0v) is 13.3. The first-order valence-corrected chi connectivity index (χ1v) is 8.49. The van der Waals surface area contributed by atoms with Gasteiger partial charge in [0.25, 0.3) is 0 Å². The highest BCUT2D eigenvalue weighted by molar-refractivity contribution is 7.10. The summed E-state index contributed by atoms with van der Waals surface area (Å²) in [5.41, 5.74) is 1.06. The van der Waals surface area contributed by atoms with E-state index in [9.17, 15) is 0 Å². The van der Waals surface area contributed by atoms with Crippen LogP contribution in [-0.2, 0) is 13.1 Å². The second-order valence-corrected chi connectivity index (χ2v) is 6.49. The Morgan fingerprint density at radius 3 is 2.80 bits per heavy atom. The van der Waals surface area contributed by atoms with E-state index in [2.05, 4.69) is 52.6 Å². The van der Waals surface area contributed by atoms with Crippen molar-refractivity contribution in [1.82, 2.24) is 4.90 Å². The fraction of sp³-hybridized carbons (Fsp3) is 0.375. The average molecular weight is 305 g/mol. The predicted octanol–water partition coefficient (Wildman–Crippen LogP) is 3.57. The van der Waals surface area contributed by atoms with Gasteiger partial charge >= 0.3 is 0 Å². The summed E-state index contributed by atoms with van der Waals surface area (Å²) in [4.78, 5) is 5.19. The summed E-state index contributed by atoms with van der Waals surface area (Å²) in [5.74, 6) is 6.05. The van der Waals surface area contributed by atoms with Crippen molar-refractivity contribution in [3.8, 4) is 11.8 Å². The molecule has 1 N–H and O–H groups in total. The Morgan fingerprint density at radius 1 is 1.25 bits per heavy atom. The first kappa shape index (κ1) is 15.3. The van der Waals surface area contributed by atoms with Gasteiger partial charge in [-0.15, -0.1) is 22.7 Å². The zero-order valence-electron chi connectivity index (χ0n) is 11.6. The molecular weight excluding hydrogens is 286 g/mol. The Bertz CT molecular complexity index is 563. The molecule has 0 amide bonds. The van der Waals surface area contributed by atoms with Crippen molar-refractivity contribution in [3.63, 3.8) is 0 Å². The van der Waals surface area contributed by atoms with Crippen LogP contribution in [0.15, 0.2) is 29.0 Å². The predicted molar refractivity (Wildman–Crippen MR) is 87.0 cm³/mol. The topological polar surface area (TPSA) is 23.5 Å². The summed E-state index contributed by atoms with van der Waals surface area (Å²) in [6, 6.07) is 6.45. The third-order valence-electron chi connectivity index (χ3n) is 2.91. The lowest BCUT2D eigenvalue weighted by Crippen LogP contribution is -2.21. The van der Waals surface area contributed by atoms with Crippen LogP contribution in [0.25, 0.3) is 0 Å². The Labute approximate surface area is 128 Å². The van der Waals surface area contributed by atoms with Crippen LogP contribution in [0.1, 0.15) is 28.7 Å². The molecule has 0 bridgehead atoms. The Kier molecular flexibility index (Phi) is 6.28. The standard InChI is InChI=1S/C16H19NOS2/c1-2-17(11-15-7-5-9-19-15)12-16-10-14(13-20-16)6-3-4-8-18/h5,7,9-10,13,18H,2,4,8,11-12H2,1H3. The average Bonchev–Trinajstić information content (AvgIpc) is 3.10. The van der Waals surface area contributed by atoms with Gasteiger partial charge in [0.1, 0.15) is 0 Å². The van der Waals surface area contributed by atoms with Gasteiger partial charge in [-0.05, 0) is 24.1 Å². The maximum Gasteiger partial charge on any atom is 0.0540 e. The highest BCUT2D eigenvalue weighted by atomic mass is 32.1. The van der Waals surface area contributed by atoms with E-state index in [0.717, 1.165) is 25.2 Å². The number of aliphatic hydroxyl groups is 1. The summed E-state index contributed by atoms with van der Waals surface area (Å²) in [5, 5.41) is 12.9. The maximum atomic E-state index is 8.72. The van der Waals surface area contributed by atoms with Gasteiger partial charge in [-0.3, -0.25) is 4.90 Å². The lowest BCUT2D eigenvalue weighted by Gasteiger charge is -2.18. The van der Waals surface area contributed by atoms with Crippen molar-refractivity contribution >= 4 is 22.7 Å². The van der Waals surface area contributed by atoms with Crippen LogP contribution in [-0.4, -0.2) is 23.2 Å². The Hall–Kier alpha value is -1.12. The SMILES string of the molecule is CCN(Cc1cccs1)Cc1cc(C#CCCO)cs1. The van der Waals surface area contributed by atoms with E-state index in [1.165, 1.54) is 9.75 Å². The molecule has 2 rings (SSSR count). The molecule has 0 atom stereocenters. The molecule has 0 unspecified atom stereocenters. The van der Waals surface area contributed by atoms with Crippen LogP contribution in [0.5, 0.6) is 0 Å². The van der Waals surface area contributed by atoms with E-state index in [4.69, 9.17) is 5.11 Å². The van der Waals surface area contributed by atoms with Crippen molar-refractivity contribution in [2.45, 2.75) is 26.4 Å². The van der Waals surface area contributed by atoms with Crippen molar-refractivity contribution < 1.29 is 5.11 Å². The highest BCUT2D eigenvalue weighted by Crippen LogP contribution is 2.19. The number of aliphatic hydroxyl groups excluding tert-OH is 1. The first-order chi connectivity index (χ1) is 9.81. The van der Waals surface area contributed by atoms with Gasteiger partial charge in [-0.25, -0.2) is 0 Å². The molecule has 20 heavy (non-hydrogen) atoms. The fourth-order valence-electron chi connectivity index (χ4n) is 1.87. The molecule has 0 aliphatic carbocycles. The molecule has 4 heteroatoms. The van der Waals surface area contributed by atoms with Crippen molar-refractivity contribution in [3.05, 3.63) is 44.3 Å². The third-order valence-corrected chi connectivity index (χ3v) is 4.69. The lowest BCUT2D eigenvalue weighted by atomic mass is 10.3. The largest absolute Gasteiger partial charge is 0.395 e. The maximum absolute atomic E-state index is 8.72. The molecule has 0 aromatic carbocycles. The van der Waals surface area contributed by atoms with Crippen LogP contribution in [0.2, 0.25) is 0 Å². The normalized spacial score (nSPS) is 10.6. The number of hydrogen-bond donors (Lipinski definition) is 1. The van der Waals surface area contributed by atoms with E-state index >= 15 is 0 Å². The molecule has 106 valence electrons. The minimum absolute atomic E-state index is 0.133. The summed E-state index contributed by atoms with van der Waals surface area (Å²) >= 11 is 3.57. The van der Waals surface area contributed by atoms with Crippen LogP contribution >= 0.6 is 22.7 Å². The molecule has 0 aliphatic heterocycles. The number of thiophene rings is 2. The lowest BCUT2D eigenvalue weighted by molar-refractivity contribution is 0.276. The second-order valence-electron chi connectivity index (χ2n) is 4.46. The van der Waals surface area contributed by atoms with Crippen molar-refractivity contribution in [2.75, 3.05) is 13.2 Å². The molecule has 0 saturated carbocycles. The van der Waals surface area contributed by atoms with E-state index in [-0.39, 0.29) is 6.61 Å². The van der Waals surface area contributed by atoms with Gasteiger partial charge in [-0.1, -0.05) is 24.8 Å². The van der Waals surface area contributed by atoms with Gasteiger partial charge in [0.05, 0.1) is 6.61 Å². The van der Waals surface area contributed by atoms with Crippen LogP contribution in [0.4, 0.5) is 0 Å². The van der Waals surface area contributed by atoms with Gasteiger partial charge in [-0.2, -0.15) is 0 Å². The van der Waals surface area contributed by atoms with E-state index in [0.29, 0.717) is 6.42 Å². The van der Waals surface area contributed by atoms with Gasteiger partial charge < -0.3 is 5.11 Å². The zero-order chi connectivity index (χ0) is 14.2. The van der Waals surface area contributed by atoms with Gasteiger partial charge in [0, 0.05) is 40.2 Å². The minimum atomic E-state index is 0.133.